The van der Waals surface area contributed by atoms with Crippen LogP contribution in [0.2, 0.25) is 0 Å². The van der Waals surface area contributed by atoms with E-state index in [2.05, 4.69) is 11.9 Å². The van der Waals surface area contributed by atoms with Crippen molar-refractivity contribution in [2.24, 2.45) is 11.8 Å². The van der Waals surface area contributed by atoms with Gasteiger partial charge in [-0.2, -0.15) is 0 Å². The summed E-state index contributed by atoms with van der Waals surface area (Å²) >= 11 is 0. The third kappa shape index (κ3) is 2.44. The molecule has 3 fully saturated rings. The maximum absolute atomic E-state index is 11.9. The second-order valence-electron chi connectivity index (χ2n) is 5.96. The highest BCUT2D eigenvalue weighted by Gasteiger charge is 2.71. The highest BCUT2D eigenvalue weighted by Crippen LogP contribution is 2.51. The van der Waals surface area contributed by atoms with Gasteiger partial charge in [-0.05, 0) is 6.92 Å². The van der Waals surface area contributed by atoms with Crippen LogP contribution in [0.1, 0.15) is 6.92 Å². The smallest absolute Gasteiger partial charge is 0.325 e. The number of nitrogens with one attached hydrogen (secondary N) is 1. The van der Waals surface area contributed by atoms with Crippen LogP contribution in [-0.4, -0.2) is 61.9 Å². The molecule has 130 valence electrons. The van der Waals surface area contributed by atoms with Crippen LogP contribution in [-0.2, 0) is 38.1 Å². The molecule has 3 aliphatic rings. The molecule has 3 saturated heterocycles. The molecule has 1 amide bonds. The van der Waals surface area contributed by atoms with Gasteiger partial charge in [0.1, 0.15) is 30.6 Å². The summed E-state index contributed by atoms with van der Waals surface area (Å²) in [7, 11) is 1.21. The van der Waals surface area contributed by atoms with Crippen LogP contribution in [0, 0.1) is 11.8 Å². The van der Waals surface area contributed by atoms with Crippen molar-refractivity contribution in [3.63, 3.8) is 0 Å². The molecule has 6 atom stereocenters. The Morgan fingerprint density at radius 3 is 2.58 bits per heavy atom. The topological polar surface area (TPSA) is 117 Å². The third-order valence-electron chi connectivity index (χ3n) is 4.43. The van der Waals surface area contributed by atoms with E-state index in [0.29, 0.717) is 0 Å². The van der Waals surface area contributed by atoms with Crippen molar-refractivity contribution in [3.8, 4) is 0 Å². The van der Waals surface area contributed by atoms with E-state index < -0.39 is 60.1 Å². The fourth-order valence-corrected chi connectivity index (χ4v) is 3.37. The standard InChI is InChI=1S/C15H17NO8/c1-5(2)13(18)16-4-6(17)22-11-9-7(14(19)21-3)8-10(23-9)12(11)24-15(8)20/h7-12H,1,4H2,2-3H3,(H,16,18). The Morgan fingerprint density at radius 1 is 1.25 bits per heavy atom. The van der Waals surface area contributed by atoms with E-state index in [-0.39, 0.29) is 12.1 Å². The van der Waals surface area contributed by atoms with Crippen molar-refractivity contribution in [2.45, 2.75) is 31.3 Å². The predicted molar refractivity (Wildman–Crippen MR) is 75.2 cm³/mol. The summed E-state index contributed by atoms with van der Waals surface area (Å²) in [6.45, 7) is 4.59. The Hall–Kier alpha value is -2.42. The van der Waals surface area contributed by atoms with Gasteiger partial charge in [0.15, 0.2) is 12.2 Å². The molecule has 6 unspecified atom stereocenters. The van der Waals surface area contributed by atoms with Gasteiger partial charge in [0, 0.05) is 5.57 Å². The van der Waals surface area contributed by atoms with Gasteiger partial charge in [0.25, 0.3) is 0 Å². The van der Waals surface area contributed by atoms with Crippen LogP contribution in [0.3, 0.4) is 0 Å². The number of rotatable bonds is 5. The number of methoxy groups -OCH3 is 1. The van der Waals surface area contributed by atoms with Gasteiger partial charge in [-0.3, -0.25) is 19.2 Å². The van der Waals surface area contributed by atoms with Gasteiger partial charge in [-0.15, -0.1) is 0 Å². The van der Waals surface area contributed by atoms with E-state index >= 15 is 0 Å². The normalized spacial score (nSPS) is 35.3. The molecule has 0 radical (unpaired) electrons. The molecule has 3 aliphatic heterocycles. The maximum Gasteiger partial charge on any atom is 0.325 e. The largest absolute Gasteiger partial charge is 0.469 e. The van der Waals surface area contributed by atoms with Crippen LogP contribution in [0.5, 0.6) is 0 Å². The Balaban J connectivity index is 1.68. The summed E-state index contributed by atoms with van der Waals surface area (Å²) in [6.07, 6.45) is -3.08. The Morgan fingerprint density at radius 2 is 1.96 bits per heavy atom. The van der Waals surface area contributed by atoms with Crippen molar-refractivity contribution >= 4 is 23.8 Å². The van der Waals surface area contributed by atoms with E-state index in [4.69, 9.17) is 18.9 Å². The number of amides is 1. The Kier molecular flexibility index (Phi) is 4.04. The summed E-state index contributed by atoms with van der Waals surface area (Å²) in [4.78, 5) is 47.2. The van der Waals surface area contributed by atoms with Gasteiger partial charge >= 0.3 is 17.9 Å². The lowest BCUT2D eigenvalue weighted by molar-refractivity contribution is -0.162. The molecule has 0 aromatic rings. The first-order valence-corrected chi connectivity index (χ1v) is 7.42. The Labute approximate surface area is 137 Å². The molecule has 0 aromatic heterocycles. The van der Waals surface area contributed by atoms with Crippen molar-refractivity contribution < 1.29 is 38.1 Å². The van der Waals surface area contributed by atoms with Crippen LogP contribution in [0.25, 0.3) is 0 Å². The minimum Gasteiger partial charge on any atom is -0.469 e. The highest BCUT2D eigenvalue weighted by atomic mass is 16.7. The van der Waals surface area contributed by atoms with Gasteiger partial charge in [0.05, 0.1) is 7.11 Å². The zero-order valence-corrected chi connectivity index (χ0v) is 13.1. The average molecular weight is 339 g/mol. The van der Waals surface area contributed by atoms with Crippen molar-refractivity contribution in [3.05, 3.63) is 12.2 Å². The lowest BCUT2D eigenvalue weighted by Crippen LogP contribution is -2.48. The average Bonchev–Trinajstić information content (AvgIpc) is 3.15. The Bertz CT molecular complexity index is 629. The van der Waals surface area contributed by atoms with E-state index in [1.807, 2.05) is 0 Å². The van der Waals surface area contributed by atoms with Gasteiger partial charge in [-0.1, -0.05) is 6.58 Å². The molecule has 3 rings (SSSR count). The molecule has 9 heteroatoms. The minimum absolute atomic E-state index is 0.254. The summed E-state index contributed by atoms with van der Waals surface area (Å²) in [5.74, 6) is -3.97. The second kappa shape index (κ2) is 5.90. The fourth-order valence-electron chi connectivity index (χ4n) is 3.37. The molecule has 3 heterocycles. The second-order valence-corrected chi connectivity index (χ2v) is 5.96. The van der Waals surface area contributed by atoms with E-state index in [1.165, 1.54) is 14.0 Å². The quantitative estimate of drug-likeness (QED) is 0.373. The van der Waals surface area contributed by atoms with Crippen LogP contribution in [0.4, 0.5) is 0 Å². The molecular formula is C15H17NO8. The SMILES string of the molecule is C=C(C)C(=O)NCC(=O)OC1C2OC(=O)C3C2OC1C3C(=O)OC. The third-order valence-corrected chi connectivity index (χ3v) is 4.43. The van der Waals surface area contributed by atoms with Crippen molar-refractivity contribution in [1.29, 1.82) is 0 Å². The number of carbonyl (C=O) groups is 4. The number of carbonyl (C=O) groups excluding carboxylic acids is 4. The molecule has 1 N–H and O–H groups in total. The minimum atomic E-state index is -0.906. The summed E-state index contributed by atoms with van der Waals surface area (Å²) < 4.78 is 20.8. The first kappa shape index (κ1) is 16.4. The molecular weight excluding hydrogens is 322 g/mol. The number of hydrogen-bond donors (Lipinski definition) is 1. The zero-order chi connectivity index (χ0) is 17.6. The molecule has 0 aromatic carbocycles. The van der Waals surface area contributed by atoms with Gasteiger partial charge in [0.2, 0.25) is 5.91 Å². The van der Waals surface area contributed by atoms with Crippen LogP contribution in [0.15, 0.2) is 12.2 Å². The molecule has 0 spiro atoms. The van der Waals surface area contributed by atoms with E-state index in [1.54, 1.807) is 0 Å². The van der Waals surface area contributed by atoms with E-state index in [9.17, 15) is 19.2 Å². The number of hydrogen-bond acceptors (Lipinski definition) is 8. The molecule has 2 bridgehead atoms. The van der Waals surface area contributed by atoms with E-state index in [0.717, 1.165) is 0 Å². The van der Waals surface area contributed by atoms with Gasteiger partial charge < -0.3 is 24.3 Å². The first-order chi connectivity index (χ1) is 11.3. The number of ether oxygens (including phenoxy) is 4. The fraction of sp³-hybridized carbons (Fsp3) is 0.600. The first-order valence-electron chi connectivity index (χ1n) is 7.42. The molecule has 0 aliphatic carbocycles. The predicted octanol–water partition coefficient (Wildman–Crippen LogP) is -1.30. The number of fused-ring (bicyclic) bond motifs is 1. The summed E-state index contributed by atoms with van der Waals surface area (Å²) in [6, 6.07) is 0. The molecule has 24 heavy (non-hydrogen) atoms. The van der Waals surface area contributed by atoms with Gasteiger partial charge in [-0.25, -0.2) is 0 Å². The van der Waals surface area contributed by atoms with Crippen molar-refractivity contribution in [1.82, 2.24) is 5.32 Å². The summed E-state index contributed by atoms with van der Waals surface area (Å²) in [5.41, 5.74) is 0.254. The van der Waals surface area contributed by atoms with Crippen LogP contribution >= 0.6 is 0 Å². The lowest BCUT2D eigenvalue weighted by atomic mass is 9.78. The monoisotopic (exact) mass is 339 g/mol. The maximum atomic E-state index is 11.9. The van der Waals surface area contributed by atoms with Crippen molar-refractivity contribution in [2.75, 3.05) is 13.7 Å². The van der Waals surface area contributed by atoms with Crippen LogP contribution < -0.4 is 5.32 Å². The lowest BCUT2D eigenvalue weighted by Gasteiger charge is -2.26. The molecule has 0 saturated carbocycles. The summed E-state index contributed by atoms with van der Waals surface area (Å²) in [5, 5.41) is 2.34. The highest BCUT2D eigenvalue weighted by molar-refractivity contribution is 5.94. The zero-order valence-electron chi connectivity index (χ0n) is 13.1. The molecule has 9 nitrogen and oxygen atoms in total. The number of esters is 3.